The Morgan fingerprint density at radius 1 is 1.21 bits per heavy atom. The van der Waals surface area contributed by atoms with Gasteiger partial charge in [0.15, 0.2) is 0 Å². The summed E-state index contributed by atoms with van der Waals surface area (Å²) < 4.78 is 10.3. The Morgan fingerprint density at radius 2 is 2.00 bits per heavy atom. The number of ether oxygens (including phenoxy) is 2. The van der Waals surface area contributed by atoms with E-state index >= 15 is 0 Å². The van der Waals surface area contributed by atoms with Crippen molar-refractivity contribution in [2.24, 2.45) is 0 Å². The molecule has 2 aromatic rings. The number of nitrogens with one attached hydrogen (secondary N) is 1. The van der Waals surface area contributed by atoms with E-state index in [4.69, 9.17) is 9.47 Å². The Balaban J connectivity index is 2.03. The van der Waals surface area contributed by atoms with Crippen LogP contribution >= 0.6 is 0 Å². The van der Waals surface area contributed by atoms with Crippen LogP contribution in [-0.2, 0) is 9.53 Å². The van der Waals surface area contributed by atoms with Crippen molar-refractivity contribution in [2.45, 2.75) is 6.92 Å². The van der Waals surface area contributed by atoms with Crippen molar-refractivity contribution in [3.63, 3.8) is 0 Å². The van der Waals surface area contributed by atoms with Crippen LogP contribution in [0.25, 0.3) is 11.6 Å². The number of carbonyl (C=O) groups excluding carboxylic acids is 2. The highest BCUT2D eigenvalue weighted by Crippen LogP contribution is 2.35. The molecule has 0 unspecified atom stereocenters. The number of hydrogen-bond acceptors (Lipinski definition) is 4. The molecule has 0 saturated carbocycles. The minimum Gasteiger partial charge on any atom is -0.493 e. The fraction of sp³-hybridized carbons (Fsp3) is 0.158. The van der Waals surface area contributed by atoms with Gasteiger partial charge in [0, 0.05) is 22.4 Å². The van der Waals surface area contributed by atoms with Crippen molar-refractivity contribution >= 4 is 29.2 Å². The van der Waals surface area contributed by atoms with E-state index in [0.29, 0.717) is 23.4 Å². The Bertz CT molecular complexity index is 839. The van der Waals surface area contributed by atoms with Gasteiger partial charge in [-0.2, -0.15) is 0 Å². The van der Waals surface area contributed by atoms with E-state index in [1.807, 2.05) is 31.2 Å². The lowest BCUT2D eigenvalue weighted by molar-refractivity contribution is -0.110. The zero-order valence-corrected chi connectivity index (χ0v) is 13.5. The molecule has 0 saturated heterocycles. The highest BCUT2D eigenvalue weighted by atomic mass is 16.5. The number of amides is 1. The van der Waals surface area contributed by atoms with Gasteiger partial charge in [0.2, 0.25) is 0 Å². The molecule has 0 fully saturated rings. The van der Waals surface area contributed by atoms with E-state index in [1.54, 1.807) is 24.3 Å². The maximum atomic E-state index is 12.3. The molecular formula is C19H17NO4. The van der Waals surface area contributed by atoms with E-state index in [1.165, 1.54) is 7.11 Å². The zero-order valence-electron chi connectivity index (χ0n) is 13.5. The van der Waals surface area contributed by atoms with E-state index < -0.39 is 5.97 Å². The molecule has 5 nitrogen and oxygen atoms in total. The van der Waals surface area contributed by atoms with Crippen molar-refractivity contribution in [1.29, 1.82) is 0 Å². The largest absolute Gasteiger partial charge is 0.493 e. The van der Waals surface area contributed by atoms with Gasteiger partial charge in [0.25, 0.3) is 5.91 Å². The summed E-state index contributed by atoms with van der Waals surface area (Å²) in [5.41, 5.74) is 3.11. The van der Waals surface area contributed by atoms with Gasteiger partial charge in [0.1, 0.15) is 5.75 Å². The number of methoxy groups -OCH3 is 1. The average Bonchev–Trinajstić information content (AvgIpc) is 2.91. The fourth-order valence-electron chi connectivity index (χ4n) is 2.62. The second-order valence-electron chi connectivity index (χ2n) is 5.23. The Kier molecular flexibility index (Phi) is 4.33. The first-order valence-electron chi connectivity index (χ1n) is 7.61. The van der Waals surface area contributed by atoms with Crippen molar-refractivity contribution in [3.05, 3.63) is 59.2 Å². The number of para-hydroxylation sites is 1. The molecule has 0 bridgehead atoms. The number of benzene rings is 2. The Hall–Kier alpha value is -3.08. The third-order valence-electron chi connectivity index (χ3n) is 3.74. The first-order chi connectivity index (χ1) is 11.6. The van der Waals surface area contributed by atoms with Crippen molar-refractivity contribution in [3.8, 4) is 5.75 Å². The van der Waals surface area contributed by atoms with Crippen LogP contribution in [0.2, 0.25) is 0 Å². The molecule has 3 rings (SSSR count). The van der Waals surface area contributed by atoms with Gasteiger partial charge in [-0.15, -0.1) is 0 Å². The normalized spacial score (nSPS) is 14.2. The summed E-state index contributed by atoms with van der Waals surface area (Å²) in [5.74, 6) is 0.0735. The van der Waals surface area contributed by atoms with Crippen molar-refractivity contribution in [2.75, 3.05) is 19.0 Å². The highest BCUT2D eigenvalue weighted by Gasteiger charge is 2.25. The van der Waals surface area contributed by atoms with E-state index in [-0.39, 0.29) is 5.91 Å². The topological polar surface area (TPSA) is 64.6 Å². The van der Waals surface area contributed by atoms with E-state index in [0.717, 1.165) is 16.9 Å². The Morgan fingerprint density at radius 3 is 2.75 bits per heavy atom. The first-order valence-corrected chi connectivity index (χ1v) is 7.61. The van der Waals surface area contributed by atoms with Crippen molar-refractivity contribution < 1.29 is 19.1 Å². The second-order valence-corrected chi connectivity index (χ2v) is 5.23. The summed E-state index contributed by atoms with van der Waals surface area (Å²) >= 11 is 0. The zero-order chi connectivity index (χ0) is 17.1. The average molecular weight is 323 g/mol. The molecule has 24 heavy (non-hydrogen) atoms. The van der Waals surface area contributed by atoms with Gasteiger partial charge >= 0.3 is 5.97 Å². The number of hydrogen-bond donors (Lipinski definition) is 1. The molecule has 5 heteroatoms. The molecule has 2 aromatic carbocycles. The van der Waals surface area contributed by atoms with Gasteiger partial charge in [-0.1, -0.05) is 24.3 Å². The summed E-state index contributed by atoms with van der Waals surface area (Å²) in [5, 5.41) is 2.78. The second kappa shape index (κ2) is 6.58. The quantitative estimate of drug-likeness (QED) is 0.692. The molecule has 122 valence electrons. The van der Waals surface area contributed by atoms with Gasteiger partial charge in [-0.25, -0.2) is 4.79 Å². The molecular weight excluding hydrogens is 306 g/mol. The van der Waals surface area contributed by atoms with Crippen LogP contribution in [-0.4, -0.2) is 25.6 Å². The molecule has 0 radical (unpaired) electrons. The molecule has 0 atom stereocenters. The summed E-state index contributed by atoms with van der Waals surface area (Å²) in [4.78, 5) is 23.9. The molecule has 1 aliphatic heterocycles. The molecule has 1 N–H and O–H groups in total. The van der Waals surface area contributed by atoms with Crippen LogP contribution in [0.15, 0.2) is 42.5 Å². The lowest BCUT2D eigenvalue weighted by Gasteiger charge is -2.07. The van der Waals surface area contributed by atoms with Gasteiger partial charge in [-0.05, 0) is 31.2 Å². The van der Waals surface area contributed by atoms with Crippen LogP contribution in [0.5, 0.6) is 5.75 Å². The van der Waals surface area contributed by atoms with Crippen LogP contribution in [0.4, 0.5) is 5.69 Å². The maximum absolute atomic E-state index is 12.3. The minimum absolute atomic E-state index is 0.210. The van der Waals surface area contributed by atoms with Crippen LogP contribution in [0.3, 0.4) is 0 Å². The standard InChI is InChI=1S/C19H17NO4/c1-3-24-17-7-5-4-6-12(17)10-15-14-9-8-13(19(22)23-2)11-16(14)20-18(15)21/h4-11H,3H2,1-2H3,(H,20,21)/b15-10-. The van der Waals surface area contributed by atoms with Crippen LogP contribution in [0, 0.1) is 0 Å². The maximum Gasteiger partial charge on any atom is 0.337 e. The molecule has 0 aliphatic carbocycles. The van der Waals surface area contributed by atoms with Gasteiger partial charge < -0.3 is 14.8 Å². The number of anilines is 1. The monoisotopic (exact) mass is 323 g/mol. The molecule has 1 amide bonds. The fourth-order valence-corrected chi connectivity index (χ4v) is 2.62. The number of fused-ring (bicyclic) bond motifs is 1. The summed E-state index contributed by atoms with van der Waals surface area (Å²) in [6.07, 6.45) is 1.80. The molecule has 0 aromatic heterocycles. The van der Waals surface area contributed by atoms with Crippen molar-refractivity contribution in [1.82, 2.24) is 0 Å². The molecule has 0 spiro atoms. The number of rotatable bonds is 4. The summed E-state index contributed by atoms with van der Waals surface area (Å²) in [6, 6.07) is 12.5. The molecule has 1 aliphatic rings. The predicted molar refractivity (Wildman–Crippen MR) is 91.9 cm³/mol. The lowest BCUT2D eigenvalue weighted by Crippen LogP contribution is -2.04. The third kappa shape index (κ3) is 2.88. The lowest BCUT2D eigenvalue weighted by atomic mass is 10.0. The van der Waals surface area contributed by atoms with Crippen LogP contribution in [0.1, 0.15) is 28.4 Å². The third-order valence-corrected chi connectivity index (χ3v) is 3.74. The smallest absolute Gasteiger partial charge is 0.337 e. The van der Waals surface area contributed by atoms with Gasteiger partial charge in [-0.3, -0.25) is 4.79 Å². The number of esters is 1. The number of carbonyl (C=O) groups is 2. The Labute approximate surface area is 139 Å². The summed E-state index contributed by atoms with van der Waals surface area (Å²) in [6.45, 7) is 2.46. The van der Waals surface area contributed by atoms with Gasteiger partial charge in [0.05, 0.1) is 19.3 Å². The minimum atomic E-state index is -0.439. The molecule has 1 heterocycles. The first kappa shape index (κ1) is 15.8. The highest BCUT2D eigenvalue weighted by molar-refractivity contribution is 6.35. The summed E-state index contributed by atoms with van der Waals surface area (Å²) in [7, 11) is 1.32. The van der Waals surface area contributed by atoms with E-state index in [9.17, 15) is 9.59 Å². The predicted octanol–water partition coefficient (Wildman–Crippen LogP) is 3.36. The van der Waals surface area contributed by atoms with Crippen LogP contribution < -0.4 is 10.1 Å². The van der Waals surface area contributed by atoms with E-state index in [2.05, 4.69) is 5.32 Å². The SMILES string of the molecule is CCOc1ccccc1/C=C1\C(=O)Nc2cc(C(=O)OC)ccc21.